The van der Waals surface area contributed by atoms with Crippen molar-refractivity contribution in [2.24, 2.45) is 0 Å². The van der Waals surface area contributed by atoms with Crippen LogP contribution >= 0.6 is 0 Å². The summed E-state index contributed by atoms with van der Waals surface area (Å²) in [7, 11) is 0. The van der Waals surface area contributed by atoms with Crippen LogP contribution < -0.4 is 0 Å². The zero-order valence-electron chi connectivity index (χ0n) is 15.0. The Morgan fingerprint density at radius 2 is 2.00 bits per heavy atom. The highest BCUT2D eigenvalue weighted by atomic mass is 16.2. The van der Waals surface area contributed by atoms with Crippen LogP contribution in [0.5, 0.6) is 0 Å². The maximum absolute atomic E-state index is 13.2. The van der Waals surface area contributed by atoms with Crippen LogP contribution in [0.15, 0.2) is 55.0 Å². The number of amides is 1. The van der Waals surface area contributed by atoms with Gasteiger partial charge < -0.3 is 4.90 Å². The number of carbonyl (C=O) groups excluding carboxylic acids is 1. The van der Waals surface area contributed by atoms with Crippen molar-refractivity contribution in [2.75, 3.05) is 6.54 Å². The first kappa shape index (κ1) is 16.6. The van der Waals surface area contributed by atoms with Crippen LogP contribution in [0.4, 0.5) is 0 Å². The normalized spacial score (nSPS) is 17.4. The number of likely N-dealkylation sites (tertiary alicyclic amines) is 1. The first-order chi connectivity index (χ1) is 12.7. The van der Waals surface area contributed by atoms with E-state index in [1.807, 2.05) is 63.8 Å². The Kier molecular flexibility index (Phi) is 4.56. The Balaban J connectivity index is 1.59. The number of piperidine rings is 1. The number of para-hydroxylation sites is 1. The first-order valence-corrected chi connectivity index (χ1v) is 9.12. The van der Waals surface area contributed by atoms with Gasteiger partial charge in [0.05, 0.1) is 35.7 Å². The maximum Gasteiger partial charge on any atom is 0.257 e. The Morgan fingerprint density at radius 1 is 1.15 bits per heavy atom. The lowest BCUT2D eigenvalue weighted by Gasteiger charge is -2.35. The van der Waals surface area contributed by atoms with Crippen LogP contribution in [0.25, 0.3) is 5.69 Å². The van der Waals surface area contributed by atoms with Gasteiger partial charge in [-0.15, -0.1) is 0 Å². The van der Waals surface area contributed by atoms with E-state index in [1.165, 1.54) is 0 Å². The third-order valence-electron chi connectivity index (χ3n) is 5.09. The van der Waals surface area contributed by atoms with Crippen LogP contribution in [0, 0.1) is 6.92 Å². The number of hydrogen-bond donors (Lipinski definition) is 0. The molecule has 1 aliphatic rings. The SMILES string of the molecule is Cc1c(C(=O)N2CCCC[C@H]2Cn2cccn2)cnn1-c1ccccc1. The molecule has 2 aromatic heterocycles. The lowest BCUT2D eigenvalue weighted by Crippen LogP contribution is -2.46. The topological polar surface area (TPSA) is 56.0 Å². The van der Waals surface area contributed by atoms with Gasteiger partial charge in [0.25, 0.3) is 5.91 Å². The van der Waals surface area contributed by atoms with Gasteiger partial charge in [0, 0.05) is 18.9 Å². The van der Waals surface area contributed by atoms with Gasteiger partial charge in [-0.1, -0.05) is 18.2 Å². The summed E-state index contributed by atoms with van der Waals surface area (Å²) in [5.74, 6) is 0.0709. The summed E-state index contributed by atoms with van der Waals surface area (Å²) in [4.78, 5) is 15.3. The van der Waals surface area contributed by atoms with Crippen molar-refractivity contribution in [2.45, 2.75) is 38.8 Å². The minimum Gasteiger partial charge on any atom is -0.334 e. The van der Waals surface area contributed by atoms with Crippen LogP contribution in [-0.4, -0.2) is 43.0 Å². The first-order valence-electron chi connectivity index (χ1n) is 9.12. The predicted octanol–water partition coefficient (Wildman–Crippen LogP) is 3.07. The molecule has 134 valence electrons. The van der Waals surface area contributed by atoms with Gasteiger partial charge >= 0.3 is 0 Å². The number of carbonyl (C=O) groups is 1. The van der Waals surface area contributed by atoms with Crippen molar-refractivity contribution >= 4 is 5.91 Å². The summed E-state index contributed by atoms with van der Waals surface area (Å²) >= 11 is 0. The highest BCUT2D eigenvalue weighted by Gasteiger charge is 2.30. The van der Waals surface area contributed by atoms with E-state index in [0.29, 0.717) is 5.56 Å². The van der Waals surface area contributed by atoms with Gasteiger partial charge in [0.15, 0.2) is 0 Å². The zero-order valence-corrected chi connectivity index (χ0v) is 15.0. The van der Waals surface area contributed by atoms with Crippen LogP contribution in [0.2, 0.25) is 0 Å². The molecular formula is C20H23N5O. The molecule has 1 amide bonds. The van der Waals surface area contributed by atoms with E-state index in [2.05, 4.69) is 10.2 Å². The summed E-state index contributed by atoms with van der Waals surface area (Å²) < 4.78 is 3.75. The van der Waals surface area contributed by atoms with Crippen molar-refractivity contribution in [3.8, 4) is 5.69 Å². The number of aromatic nitrogens is 4. The minimum absolute atomic E-state index is 0.0709. The van der Waals surface area contributed by atoms with Crippen molar-refractivity contribution in [1.29, 1.82) is 0 Å². The Hall–Kier alpha value is -2.89. The third kappa shape index (κ3) is 3.14. The Labute approximate surface area is 153 Å². The fourth-order valence-electron chi connectivity index (χ4n) is 3.69. The van der Waals surface area contributed by atoms with E-state index >= 15 is 0 Å². The molecule has 1 aromatic carbocycles. The number of benzene rings is 1. The molecule has 3 heterocycles. The molecule has 0 bridgehead atoms. The minimum atomic E-state index is 0.0709. The van der Waals surface area contributed by atoms with Crippen molar-refractivity contribution in [1.82, 2.24) is 24.5 Å². The lowest BCUT2D eigenvalue weighted by atomic mass is 10.0. The average Bonchev–Trinajstić information content (AvgIpc) is 3.32. The van der Waals surface area contributed by atoms with Gasteiger partial charge in [-0.25, -0.2) is 4.68 Å². The molecule has 0 N–H and O–H groups in total. The van der Waals surface area contributed by atoms with Crippen LogP contribution in [0.1, 0.15) is 35.3 Å². The third-order valence-corrected chi connectivity index (χ3v) is 5.09. The molecule has 6 nitrogen and oxygen atoms in total. The molecule has 0 unspecified atom stereocenters. The predicted molar refractivity (Wildman–Crippen MR) is 99.2 cm³/mol. The molecular weight excluding hydrogens is 326 g/mol. The Bertz CT molecular complexity index is 869. The molecule has 26 heavy (non-hydrogen) atoms. The molecule has 0 saturated carbocycles. The molecule has 4 rings (SSSR count). The van der Waals surface area contributed by atoms with E-state index in [9.17, 15) is 4.79 Å². The van der Waals surface area contributed by atoms with E-state index in [0.717, 1.165) is 43.7 Å². The summed E-state index contributed by atoms with van der Waals surface area (Å²) in [6.07, 6.45) is 8.64. The summed E-state index contributed by atoms with van der Waals surface area (Å²) in [5, 5.41) is 8.75. The van der Waals surface area contributed by atoms with Crippen molar-refractivity contribution in [3.63, 3.8) is 0 Å². The monoisotopic (exact) mass is 349 g/mol. The Morgan fingerprint density at radius 3 is 2.77 bits per heavy atom. The van der Waals surface area contributed by atoms with E-state index in [4.69, 9.17) is 0 Å². The van der Waals surface area contributed by atoms with Crippen LogP contribution in [-0.2, 0) is 6.54 Å². The van der Waals surface area contributed by atoms with Gasteiger partial charge in [-0.05, 0) is 44.4 Å². The van der Waals surface area contributed by atoms with E-state index in [1.54, 1.807) is 12.4 Å². The van der Waals surface area contributed by atoms with Gasteiger partial charge in [-0.2, -0.15) is 10.2 Å². The number of nitrogens with zero attached hydrogens (tertiary/aromatic N) is 5. The average molecular weight is 349 g/mol. The second kappa shape index (κ2) is 7.15. The molecule has 6 heteroatoms. The second-order valence-electron chi connectivity index (χ2n) is 6.77. The fourth-order valence-corrected chi connectivity index (χ4v) is 3.69. The summed E-state index contributed by atoms with van der Waals surface area (Å²) in [6, 6.07) is 12.0. The molecule has 0 spiro atoms. The molecule has 1 aliphatic heterocycles. The quantitative estimate of drug-likeness (QED) is 0.727. The molecule has 1 saturated heterocycles. The molecule has 0 radical (unpaired) electrons. The largest absolute Gasteiger partial charge is 0.334 e. The van der Waals surface area contributed by atoms with Gasteiger partial charge in [-0.3, -0.25) is 9.48 Å². The molecule has 0 aliphatic carbocycles. The summed E-state index contributed by atoms with van der Waals surface area (Å²) in [6.45, 7) is 3.49. The number of rotatable bonds is 4. The standard InChI is InChI=1S/C20H23N5O/c1-16-19(14-22-25(16)17-8-3-2-4-9-17)20(26)24-13-6-5-10-18(24)15-23-12-7-11-21-23/h2-4,7-9,11-12,14,18H,5-6,10,13,15H2,1H3/t18-/m0/s1. The van der Waals surface area contributed by atoms with Crippen molar-refractivity contribution in [3.05, 3.63) is 66.2 Å². The van der Waals surface area contributed by atoms with Gasteiger partial charge in [0.1, 0.15) is 0 Å². The van der Waals surface area contributed by atoms with E-state index < -0.39 is 0 Å². The zero-order chi connectivity index (χ0) is 17.9. The molecule has 1 atom stereocenters. The fraction of sp³-hybridized carbons (Fsp3) is 0.350. The smallest absolute Gasteiger partial charge is 0.257 e. The van der Waals surface area contributed by atoms with Crippen molar-refractivity contribution < 1.29 is 4.79 Å². The lowest BCUT2D eigenvalue weighted by molar-refractivity contribution is 0.0583. The second-order valence-corrected chi connectivity index (χ2v) is 6.77. The van der Waals surface area contributed by atoms with E-state index in [-0.39, 0.29) is 11.9 Å². The molecule has 1 fully saturated rings. The maximum atomic E-state index is 13.2. The molecule has 3 aromatic rings. The summed E-state index contributed by atoms with van der Waals surface area (Å²) in [5.41, 5.74) is 2.53. The highest BCUT2D eigenvalue weighted by molar-refractivity contribution is 5.95. The van der Waals surface area contributed by atoms with Crippen LogP contribution in [0.3, 0.4) is 0 Å². The van der Waals surface area contributed by atoms with Gasteiger partial charge in [0.2, 0.25) is 0 Å². The highest BCUT2D eigenvalue weighted by Crippen LogP contribution is 2.23. The number of hydrogen-bond acceptors (Lipinski definition) is 3.